The highest BCUT2D eigenvalue weighted by Gasteiger charge is 2.29. The molecule has 0 saturated heterocycles. The largest absolute Gasteiger partial charge is 0.484 e. The second-order valence-electron chi connectivity index (χ2n) is 4.98. The highest BCUT2D eigenvalue weighted by atomic mass is 35.5. The molecule has 1 aliphatic rings. The van der Waals surface area contributed by atoms with Crippen molar-refractivity contribution >= 4 is 11.6 Å². The molecule has 0 radical (unpaired) electrons. The highest BCUT2D eigenvalue weighted by molar-refractivity contribution is 6.32. The lowest BCUT2D eigenvalue weighted by atomic mass is 10.1. The number of rotatable bonds is 5. The molecule has 3 rings (SSSR count). The SMILES string of the molecule is C[C@H](O)c1ccc(OCc2noc(C3CC3)n2)c(Cl)c1. The van der Waals surface area contributed by atoms with Crippen molar-refractivity contribution in [1.82, 2.24) is 10.1 Å². The number of halogens is 1. The van der Waals surface area contributed by atoms with Gasteiger partial charge in [0.05, 0.1) is 11.1 Å². The van der Waals surface area contributed by atoms with Crippen LogP contribution < -0.4 is 4.74 Å². The predicted molar refractivity (Wildman–Crippen MR) is 72.7 cm³/mol. The molecule has 1 aromatic carbocycles. The molecule has 0 unspecified atom stereocenters. The molecule has 2 aromatic rings. The van der Waals surface area contributed by atoms with E-state index in [-0.39, 0.29) is 6.61 Å². The molecule has 1 heterocycles. The molecule has 20 heavy (non-hydrogen) atoms. The van der Waals surface area contributed by atoms with Crippen molar-refractivity contribution in [2.24, 2.45) is 0 Å². The minimum absolute atomic E-state index is 0.212. The number of nitrogens with zero attached hydrogens (tertiary/aromatic N) is 2. The van der Waals surface area contributed by atoms with Gasteiger partial charge in [-0.3, -0.25) is 0 Å². The van der Waals surface area contributed by atoms with Gasteiger partial charge in [-0.05, 0) is 37.5 Å². The van der Waals surface area contributed by atoms with E-state index in [0.717, 1.165) is 18.4 Å². The number of aromatic nitrogens is 2. The Morgan fingerprint density at radius 2 is 2.30 bits per heavy atom. The fourth-order valence-electron chi connectivity index (χ4n) is 1.86. The van der Waals surface area contributed by atoms with Crippen molar-refractivity contribution < 1.29 is 14.4 Å². The highest BCUT2D eigenvalue weighted by Crippen LogP contribution is 2.38. The van der Waals surface area contributed by atoms with Gasteiger partial charge in [0, 0.05) is 5.92 Å². The smallest absolute Gasteiger partial charge is 0.229 e. The van der Waals surface area contributed by atoms with E-state index in [4.69, 9.17) is 20.9 Å². The molecule has 0 amide bonds. The third kappa shape index (κ3) is 2.94. The monoisotopic (exact) mass is 294 g/mol. The van der Waals surface area contributed by atoms with E-state index >= 15 is 0 Å². The Bertz CT molecular complexity index is 608. The first-order valence-corrected chi connectivity index (χ1v) is 6.94. The second kappa shape index (κ2) is 5.42. The standard InChI is InChI=1S/C14H15ClN2O3/c1-8(18)10-4-5-12(11(15)6-10)19-7-13-16-14(20-17-13)9-2-3-9/h4-6,8-9,18H,2-3,7H2,1H3/t8-/m0/s1. The zero-order valence-corrected chi connectivity index (χ0v) is 11.8. The van der Waals surface area contributed by atoms with E-state index in [0.29, 0.717) is 28.4 Å². The average Bonchev–Trinajstić information content (AvgIpc) is 3.17. The van der Waals surface area contributed by atoms with Gasteiger partial charge in [-0.1, -0.05) is 22.8 Å². The number of hydrogen-bond acceptors (Lipinski definition) is 5. The third-order valence-electron chi connectivity index (χ3n) is 3.21. The van der Waals surface area contributed by atoms with E-state index in [1.807, 2.05) is 0 Å². The fourth-order valence-corrected chi connectivity index (χ4v) is 2.10. The van der Waals surface area contributed by atoms with Crippen LogP contribution in [0.2, 0.25) is 5.02 Å². The molecular weight excluding hydrogens is 280 g/mol. The predicted octanol–water partition coefficient (Wildman–Crippen LogP) is 3.23. The Labute approximate surface area is 121 Å². The van der Waals surface area contributed by atoms with Crippen LogP contribution in [0, 0.1) is 0 Å². The molecular formula is C14H15ClN2O3. The molecule has 0 aliphatic heterocycles. The van der Waals surface area contributed by atoms with Gasteiger partial charge in [-0.15, -0.1) is 0 Å². The van der Waals surface area contributed by atoms with E-state index in [2.05, 4.69) is 10.1 Å². The van der Waals surface area contributed by atoms with E-state index in [1.54, 1.807) is 25.1 Å². The van der Waals surface area contributed by atoms with Gasteiger partial charge in [0.1, 0.15) is 5.75 Å². The number of benzene rings is 1. The lowest BCUT2D eigenvalue weighted by Crippen LogP contribution is -1.99. The summed E-state index contributed by atoms with van der Waals surface area (Å²) in [6.45, 7) is 1.90. The van der Waals surface area contributed by atoms with Crippen LogP contribution in [0.4, 0.5) is 0 Å². The zero-order chi connectivity index (χ0) is 14.1. The van der Waals surface area contributed by atoms with Crippen LogP contribution >= 0.6 is 11.6 Å². The molecule has 1 atom stereocenters. The fraction of sp³-hybridized carbons (Fsp3) is 0.429. The van der Waals surface area contributed by atoms with Crippen LogP contribution in [0.25, 0.3) is 0 Å². The third-order valence-corrected chi connectivity index (χ3v) is 3.50. The maximum absolute atomic E-state index is 9.48. The molecule has 0 bridgehead atoms. The summed E-state index contributed by atoms with van der Waals surface area (Å²) in [5.74, 6) is 2.18. The van der Waals surface area contributed by atoms with Crippen molar-refractivity contribution in [3.8, 4) is 5.75 Å². The molecule has 1 aliphatic carbocycles. The van der Waals surface area contributed by atoms with E-state index in [1.165, 1.54) is 0 Å². The Morgan fingerprint density at radius 1 is 1.50 bits per heavy atom. The number of aliphatic hydroxyl groups is 1. The Hall–Kier alpha value is -1.59. The van der Waals surface area contributed by atoms with Gasteiger partial charge in [0.2, 0.25) is 11.7 Å². The number of hydrogen-bond donors (Lipinski definition) is 1. The van der Waals surface area contributed by atoms with Crippen LogP contribution in [-0.4, -0.2) is 15.2 Å². The summed E-state index contributed by atoms with van der Waals surface area (Å²) in [5, 5.41) is 13.8. The summed E-state index contributed by atoms with van der Waals surface area (Å²) in [6.07, 6.45) is 1.68. The maximum atomic E-state index is 9.48. The van der Waals surface area contributed by atoms with Gasteiger partial charge < -0.3 is 14.4 Å². The summed E-state index contributed by atoms with van der Waals surface area (Å²) in [6, 6.07) is 5.19. The quantitative estimate of drug-likeness (QED) is 0.917. The van der Waals surface area contributed by atoms with E-state index in [9.17, 15) is 5.11 Å². The molecule has 1 aromatic heterocycles. The molecule has 5 nitrogen and oxygen atoms in total. The Morgan fingerprint density at radius 3 is 2.95 bits per heavy atom. The summed E-state index contributed by atoms with van der Waals surface area (Å²) in [7, 11) is 0. The lowest BCUT2D eigenvalue weighted by Gasteiger charge is -2.09. The summed E-state index contributed by atoms with van der Waals surface area (Å²) in [5.41, 5.74) is 0.748. The zero-order valence-electron chi connectivity index (χ0n) is 11.0. The second-order valence-corrected chi connectivity index (χ2v) is 5.38. The van der Waals surface area contributed by atoms with E-state index < -0.39 is 6.10 Å². The minimum Gasteiger partial charge on any atom is -0.484 e. The minimum atomic E-state index is -0.556. The van der Waals surface area contributed by atoms with Crippen molar-refractivity contribution in [1.29, 1.82) is 0 Å². The molecule has 106 valence electrons. The normalized spacial score (nSPS) is 16.1. The summed E-state index contributed by atoms with van der Waals surface area (Å²) >= 11 is 6.10. The van der Waals surface area contributed by atoms with Gasteiger partial charge in [0.25, 0.3) is 0 Å². The average molecular weight is 295 g/mol. The van der Waals surface area contributed by atoms with Crippen LogP contribution in [-0.2, 0) is 6.61 Å². The van der Waals surface area contributed by atoms with Crippen LogP contribution in [0.5, 0.6) is 5.75 Å². The van der Waals surface area contributed by atoms with Crippen molar-refractivity contribution in [2.75, 3.05) is 0 Å². The van der Waals surface area contributed by atoms with Crippen molar-refractivity contribution in [3.63, 3.8) is 0 Å². The van der Waals surface area contributed by atoms with Crippen molar-refractivity contribution in [3.05, 3.63) is 40.5 Å². The van der Waals surface area contributed by atoms with Crippen LogP contribution in [0.15, 0.2) is 22.7 Å². The van der Waals surface area contributed by atoms with Gasteiger partial charge in [-0.2, -0.15) is 4.98 Å². The Kier molecular flexibility index (Phi) is 3.63. The molecule has 0 spiro atoms. The first-order valence-electron chi connectivity index (χ1n) is 6.56. The maximum Gasteiger partial charge on any atom is 0.229 e. The Balaban J connectivity index is 1.65. The molecule has 1 N–H and O–H groups in total. The van der Waals surface area contributed by atoms with Gasteiger partial charge >= 0.3 is 0 Å². The molecule has 1 fully saturated rings. The van der Waals surface area contributed by atoms with Crippen molar-refractivity contribution in [2.45, 2.75) is 38.4 Å². The van der Waals surface area contributed by atoms with Crippen LogP contribution in [0.3, 0.4) is 0 Å². The van der Waals surface area contributed by atoms with Gasteiger partial charge in [0.15, 0.2) is 6.61 Å². The summed E-state index contributed by atoms with van der Waals surface area (Å²) in [4.78, 5) is 4.28. The molecule has 1 saturated carbocycles. The summed E-state index contributed by atoms with van der Waals surface area (Å²) < 4.78 is 10.7. The number of ether oxygens (including phenoxy) is 1. The topological polar surface area (TPSA) is 68.4 Å². The van der Waals surface area contributed by atoms with Gasteiger partial charge in [-0.25, -0.2) is 0 Å². The first-order chi connectivity index (χ1) is 9.63. The first kappa shape index (κ1) is 13.4. The van der Waals surface area contributed by atoms with Crippen LogP contribution in [0.1, 0.15) is 49.1 Å². The molecule has 6 heteroatoms. The lowest BCUT2D eigenvalue weighted by molar-refractivity contribution is 0.199. The number of aliphatic hydroxyl groups excluding tert-OH is 1.